The first kappa shape index (κ1) is 24.4. The van der Waals surface area contributed by atoms with Crippen molar-refractivity contribution in [3.8, 4) is 0 Å². The summed E-state index contributed by atoms with van der Waals surface area (Å²) in [5, 5.41) is 13.8. The van der Waals surface area contributed by atoms with Crippen LogP contribution in [0.3, 0.4) is 0 Å². The second kappa shape index (κ2) is 9.84. The first-order chi connectivity index (χ1) is 15.7. The highest BCUT2D eigenvalue weighted by Crippen LogP contribution is 2.37. The van der Waals surface area contributed by atoms with Gasteiger partial charge in [-0.25, -0.2) is 13.6 Å². The topological polar surface area (TPSA) is 59.0 Å². The van der Waals surface area contributed by atoms with Gasteiger partial charge in [0.25, 0.3) is 5.92 Å². The third-order valence-electron chi connectivity index (χ3n) is 7.87. The lowest BCUT2D eigenvalue weighted by Crippen LogP contribution is -2.66. The van der Waals surface area contributed by atoms with Crippen LogP contribution in [-0.4, -0.2) is 89.2 Å². The molecule has 1 aromatic rings. The second-order valence-electron chi connectivity index (χ2n) is 10.2. The first-order valence-electron chi connectivity index (χ1n) is 12.4. The molecule has 2 saturated heterocycles. The maximum Gasteiger partial charge on any atom is 0.317 e. The average Bonchev–Trinajstić information content (AvgIpc) is 2.81. The quantitative estimate of drug-likeness (QED) is 0.718. The molecule has 2 aliphatic heterocycles. The molecule has 1 saturated carbocycles. The predicted octanol–water partition coefficient (Wildman–Crippen LogP) is 3.26. The van der Waals surface area contributed by atoms with Gasteiger partial charge in [-0.3, -0.25) is 9.80 Å². The Kier molecular flexibility index (Phi) is 7.26. The van der Waals surface area contributed by atoms with Crippen molar-refractivity contribution in [3.05, 3.63) is 35.9 Å². The number of urea groups is 1. The maximum atomic E-state index is 15.0. The molecule has 2 N–H and O–H groups in total. The molecule has 0 aromatic heterocycles. The smallest absolute Gasteiger partial charge is 0.317 e. The Morgan fingerprint density at radius 1 is 1.03 bits per heavy atom. The van der Waals surface area contributed by atoms with E-state index in [-0.39, 0.29) is 12.5 Å². The number of rotatable bonds is 4. The zero-order chi connectivity index (χ0) is 23.6. The lowest BCUT2D eigenvalue weighted by atomic mass is 9.84. The highest BCUT2D eigenvalue weighted by molar-refractivity contribution is 5.75. The van der Waals surface area contributed by atoms with E-state index in [2.05, 4.69) is 29.0 Å². The number of amides is 2. The molecule has 3 fully saturated rings. The monoisotopic (exact) mass is 464 g/mol. The van der Waals surface area contributed by atoms with Crippen molar-refractivity contribution in [2.75, 3.05) is 39.3 Å². The molecule has 1 aliphatic carbocycles. The number of piperazine rings is 1. The molecule has 4 rings (SSSR count). The molecule has 2 atom stereocenters. The number of benzene rings is 1. The Bertz CT molecular complexity index is 791. The molecule has 2 amide bonds. The summed E-state index contributed by atoms with van der Waals surface area (Å²) >= 11 is 0. The van der Waals surface area contributed by atoms with Gasteiger partial charge in [0.15, 0.2) is 0 Å². The Hall–Kier alpha value is -1.77. The van der Waals surface area contributed by atoms with E-state index in [1.54, 1.807) is 4.90 Å². The van der Waals surface area contributed by atoms with Crippen molar-refractivity contribution in [2.45, 2.75) is 75.6 Å². The van der Waals surface area contributed by atoms with Crippen LogP contribution in [0.2, 0.25) is 0 Å². The van der Waals surface area contributed by atoms with E-state index in [9.17, 15) is 9.90 Å². The van der Waals surface area contributed by atoms with E-state index in [1.165, 1.54) is 0 Å². The molecule has 184 valence electrons. The summed E-state index contributed by atoms with van der Waals surface area (Å²) in [5.74, 6) is -2.92. The normalized spacial score (nSPS) is 28.6. The van der Waals surface area contributed by atoms with Crippen LogP contribution in [0.15, 0.2) is 30.3 Å². The Labute approximate surface area is 195 Å². The molecule has 0 radical (unpaired) electrons. The number of carbonyl (C=O) groups excluding carboxylic acids is 1. The van der Waals surface area contributed by atoms with E-state index < -0.39 is 23.6 Å². The van der Waals surface area contributed by atoms with Crippen molar-refractivity contribution in [1.29, 1.82) is 0 Å². The van der Waals surface area contributed by atoms with Crippen LogP contribution in [0.1, 0.15) is 51.5 Å². The zero-order valence-electron chi connectivity index (χ0n) is 19.9. The minimum Gasteiger partial charge on any atom is -0.385 e. The highest BCUT2D eigenvalue weighted by Gasteiger charge is 2.50. The minimum absolute atomic E-state index is 0.186. The van der Waals surface area contributed by atoms with E-state index in [0.717, 1.165) is 31.7 Å². The average molecular weight is 465 g/mol. The second-order valence-corrected chi connectivity index (χ2v) is 10.2. The third-order valence-corrected chi connectivity index (χ3v) is 7.87. The molecule has 2 heterocycles. The predicted molar refractivity (Wildman–Crippen MR) is 124 cm³/mol. The molecule has 8 heteroatoms. The Balaban J connectivity index is 1.39. The van der Waals surface area contributed by atoms with Crippen LogP contribution in [0.25, 0.3) is 0 Å². The number of alkyl halides is 2. The van der Waals surface area contributed by atoms with Crippen LogP contribution in [0, 0.1) is 0 Å². The van der Waals surface area contributed by atoms with Gasteiger partial charge in [0.1, 0.15) is 6.04 Å². The lowest BCUT2D eigenvalue weighted by Gasteiger charge is -2.48. The molecule has 33 heavy (non-hydrogen) atoms. The van der Waals surface area contributed by atoms with Crippen molar-refractivity contribution >= 4 is 6.03 Å². The molecule has 1 unspecified atom stereocenters. The summed E-state index contributed by atoms with van der Waals surface area (Å²) in [6, 6.07) is 7.93. The van der Waals surface area contributed by atoms with Gasteiger partial charge in [-0.05, 0) is 45.1 Å². The molecule has 6 nitrogen and oxygen atoms in total. The Morgan fingerprint density at radius 3 is 2.27 bits per heavy atom. The molecule has 0 spiro atoms. The SMILES string of the molecule is CC(C)N1CCN([C@H]2CCCC(F)(F)C2NC(=O)N2CCC(O)(c3ccccc3)CC2)CC1. The van der Waals surface area contributed by atoms with Crippen LogP contribution < -0.4 is 5.32 Å². The van der Waals surface area contributed by atoms with Crippen LogP contribution >= 0.6 is 0 Å². The summed E-state index contributed by atoms with van der Waals surface area (Å²) in [5.41, 5.74) is -0.143. The van der Waals surface area contributed by atoms with E-state index in [0.29, 0.717) is 44.8 Å². The third kappa shape index (κ3) is 5.33. The highest BCUT2D eigenvalue weighted by atomic mass is 19.3. The number of aliphatic hydroxyl groups is 1. The van der Waals surface area contributed by atoms with Crippen molar-refractivity contribution in [3.63, 3.8) is 0 Å². The van der Waals surface area contributed by atoms with Gasteiger partial charge in [0.2, 0.25) is 0 Å². The number of carbonyl (C=O) groups is 1. The minimum atomic E-state index is -2.92. The zero-order valence-corrected chi connectivity index (χ0v) is 19.9. The number of nitrogens with one attached hydrogen (secondary N) is 1. The van der Waals surface area contributed by atoms with Crippen LogP contribution in [-0.2, 0) is 5.60 Å². The summed E-state index contributed by atoms with van der Waals surface area (Å²) in [4.78, 5) is 19.1. The van der Waals surface area contributed by atoms with Crippen LogP contribution in [0.4, 0.5) is 13.6 Å². The van der Waals surface area contributed by atoms with E-state index in [1.807, 2.05) is 30.3 Å². The first-order valence-corrected chi connectivity index (χ1v) is 12.4. The molecule has 0 bridgehead atoms. The fraction of sp³-hybridized carbons (Fsp3) is 0.720. The van der Waals surface area contributed by atoms with E-state index in [4.69, 9.17) is 0 Å². The summed E-state index contributed by atoms with van der Waals surface area (Å²) in [6.45, 7) is 8.23. The number of hydrogen-bond donors (Lipinski definition) is 2. The van der Waals surface area contributed by atoms with Gasteiger partial charge in [-0.1, -0.05) is 30.3 Å². The summed E-state index contributed by atoms with van der Waals surface area (Å²) in [7, 11) is 0. The lowest BCUT2D eigenvalue weighted by molar-refractivity contribution is -0.0979. The van der Waals surface area contributed by atoms with Gasteiger partial charge in [0, 0.05) is 57.8 Å². The van der Waals surface area contributed by atoms with Crippen molar-refractivity contribution in [2.24, 2.45) is 0 Å². The largest absolute Gasteiger partial charge is 0.385 e. The number of halogens is 2. The summed E-state index contributed by atoms with van der Waals surface area (Å²) in [6.07, 6.45) is 1.75. The summed E-state index contributed by atoms with van der Waals surface area (Å²) < 4.78 is 30.1. The molecule has 3 aliphatic rings. The number of hydrogen-bond acceptors (Lipinski definition) is 4. The fourth-order valence-electron chi connectivity index (χ4n) is 5.67. The van der Waals surface area contributed by atoms with Gasteiger partial charge < -0.3 is 15.3 Å². The number of nitrogens with zero attached hydrogens (tertiary/aromatic N) is 3. The van der Waals surface area contributed by atoms with Crippen molar-refractivity contribution in [1.82, 2.24) is 20.0 Å². The maximum absolute atomic E-state index is 15.0. The fourth-order valence-corrected chi connectivity index (χ4v) is 5.67. The van der Waals surface area contributed by atoms with Gasteiger partial charge in [-0.15, -0.1) is 0 Å². The number of likely N-dealkylation sites (tertiary alicyclic amines) is 1. The van der Waals surface area contributed by atoms with Gasteiger partial charge in [-0.2, -0.15) is 0 Å². The van der Waals surface area contributed by atoms with Crippen LogP contribution in [0.5, 0.6) is 0 Å². The van der Waals surface area contributed by atoms with Gasteiger partial charge in [0.05, 0.1) is 5.60 Å². The standard InChI is InChI=1S/C25H38F2N4O2/c1-19(2)29-15-17-30(18-16-29)21-9-6-10-25(26,27)22(21)28-23(32)31-13-11-24(33,12-14-31)20-7-4-3-5-8-20/h3-5,7-8,19,21-22,33H,6,9-18H2,1-2H3,(H,28,32)/t21-,22?/m0/s1. The van der Waals surface area contributed by atoms with Gasteiger partial charge >= 0.3 is 6.03 Å². The van der Waals surface area contributed by atoms with E-state index >= 15 is 8.78 Å². The molecule has 1 aromatic carbocycles. The molecular weight excluding hydrogens is 426 g/mol. The number of piperidine rings is 1. The van der Waals surface area contributed by atoms with Crippen molar-refractivity contribution < 1.29 is 18.7 Å². The molecular formula is C25H38F2N4O2. The Morgan fingerprint density at radius 2 is 1.67 bits per heavy atom.